The van der Waals surface area contributed by atoms with Crippen LogP contribution in [0.3, 0.4) is 0 Å². The summed E-state index contributed by atoms with van der Waals surface area (Å²) < 4.78 is 0. The molecule has 2 unspecified atom stereocenters. The summed E-state index contributed by atoms with van der Waals surface area (Å²) in [6.45, 7) is 11.6. The first-order valence-electron chi connectivity index (χ1n) is 9.72. The Hall–Kier alpha value is -1.98. The van der Waals surface area contributed by atoms with E-state index in [1.54, 1.807) is 11.3 Å². The molecule has 1 saturated heterocycles. The van der Waals surface area contributed by atoms with Gasteiger partial charge in [0.15, 0.2) is 0 Å². The Labute approximate surface area is 164 Å². The normalized spacial score (nSPS) is 21.0. The zero-order valence-corrected chi connectivity index (χ0v) is 17.3. The van der Waals surface area contributed by atoms with Gasteiger partial charge in [-0.2, -0.15) is 0 Å². The second-order valence-electron chi connectivity index (χ2n) is 8.23. The van der Waals surface area contributed by atoms with Gasteiger partial charge in [0, 0.05) is 23.5 Å². The number of rotatable bonds is 3. The smallest absolute Gasteiger partial charge is 0.260 e. The van der Waals surface area contributed by atoms with E-state index in [4.69, 9.17) is 4.98 Å². The number of aromatic amines is 1. The molecule has 0 spiro atoms. The SMILES string of the molecule is Cc1ccc(-c2c(C)sc3nc(CN4CC(C)CC(C)C4)[nH]c(=O)c23)cc1. The van der Waals surface area contributed by atoms with E-state index in [2.05, 4.69) is 61.8 Å². The first kappa shape index (κ1) is 18.4. The molecule has 4 rings (SSSR count). The molecule has 0 radical (unpaired) electrons. The van der Waals surface area contributed by atoms with Crippen LogP contribution in [0.2, 0.25) is 0 Å². The zero-order chi connectivity index (χ0) is 19.1. The monoisotopic (exact) mass is 381 g/mol. The van der Waals surface area contributed by atoms with Crippen LogP contribution in [0.1, 0.15) is 36.5 Å². The summed E-state index contributed by atoms with van der Waals surface area (Å²) in [7, 11) is 0. The third-order valence-electron chi connectivity index (χ3n) is 5.45. The van der Waals surface area contributed by atoms with E-state index in [-0.39, 0.29) is 5.56 Å². The fourth-order valence-corrected chi connectivity index (χ4v) is 5.50. The molecule has 0 amide bonds. The van der Waals surface area contributed by atoms with Crippen LogP contribution >= 0.6 is 11.3 Å². The summed E-state index contributed by atoms with van der Waals surface area (Å²) in [6, 6.07) is 8.36. The van der Waals surface area contributed by atoms with Crippen molar-refractivity contribution in [1.29, 1.82) is 0 Å². The number of H-pyrrole nitrogens is 1. The Kier molecular flexibility index (Phi) is 4.91. The molecule has 27 heavy (non-hydrogen) atoms. The maximum absolute atomic E-state index is 12.9. The van der Waals surface area contributed by atoms with Gasteiger partial charge >= 0.3 is 0 Å². The predicted molar refractivity (Wildman–Crippen MR) is 113 cm³/mol. The highest BCUT2D eigenvalue weighted by Crippen LogP contribution is 2.35. The fourth-order valence-electron chi connectivity index (χ4n) is 4.44. The minimum absolute atomic E-state index is 0.0203. The highest BCUT2D eigenvalue weighted by Gasteiger charge is 2.23. The van der Waals surface area contributed by atoms with E-state index in [0.29, 0.717) is 11.8 Å². The summed E-state index contributed by atoms with van der Waals surface area (Å²) in [6.07, 6.45) is 1.28. The molecule has 1 aliphatic heterocycles. The Bertz CT molecular complexity index is 1010. The van der Waals surface area contributed by atoms with Gasteiger partial charge < -0.3 is 4.98 Å². The molecular weight excluding hydrogens is 354 g/mol. The predicted octanol–water partition coefficient (Wildman–Crippen LogP) is 4.75. The lowest BCUT2D eigenvalue weighted by atomic mass is 9.92. The Morgan fingerprint density at radius 3 is 2.48 bits per heavy atom. The molecule has 4 nitrogen and oxygen atoms in total. The summed E-state index contributed by atoms with van der Waals surface area (Å²) in [4.78, 5) is 25.2. The summed E-state index contributed by atoms with van der Waals surface area (Å²) in [5.41, 5.74) is 3.31. The van der Waals surface area contributed by atoms with Crippen LogP contribution in [0, 0.1) is 25.7 Å². The van der Waals surface area contributed by atoms with Crippen molar-refractivity contribution >= 4 is 21.6 Å². The first-order chi connectivity index (χ1) is 12.9. The van der Waals surface area contributed by atoms with Gasteiger partial charge in [-0.1, -0.05) is 43.7 Å². The highest BCUT2D eigenvalue weighted by molar-refractivity contribution is 7.19. The van der Waals surface area contributed by atoms with Gasteiger partial charge in [-0.15, -0.1) is 11.3 Å². The van der Waals surface area contributed by atoms with Crippen molar-refractivity contribution in [3.63, 3.8) is 0 Å². The van der Waals surface area contributed by atoms with Gasteiger partial charge in [0.05, 0.1) is 11.9 Å². The van der Waals surface area contributed by atoms with Gasteiger partial charge in [-0.3, -0.25) is 9.69 Å². The molecule has 142 valence electrons. The lowest BCUT2D eigenvalue weighted by Gasteiger charge is -2.34. The van der Waals surface area contributed by atoms with Gasteiger partial charge in [0.25, 0.3) is 5.56 Å². The number of piperidine rings is 1. The maximum atomic E-state index is 12.9. The number of aromatic nitrogens is 2. The third-order valence-corrected chi connectivity index (χ3v) is 6.44. The van der Waals surface area contributed by atoms with Crippen molar-refractivity contribution < 1.29 is 0 Å². The molecule has 1 fully saturated rings. The van der Waals surface area contributed by atoms with Crippen LogP contribution in [0.15, 0.2) is 29.1 Å². The number of likely N-dealkylation sites (tertiary alicyclic amines) is 1. The van der Waals surface area contributed by atoms with Crippen molar-refractivity contribution in [2.24, 2.45) is 11.8 Å². The van der Waals surface area contributed by atoms with E-state index in [1.165, 1.54) is 12.0 Å². The Balaban J connectivity index is 1.71. The molecule has 0 bridgehead atoms. The molecule has 1 aromatic carbocycles. The summed E-state index contributed by atoms with van der Waals surface area (Å²) >= 11 is 1.62. The van der Waals surface area contributed by atoms with Crippen LogP contribution in [0.25, 0.3) is 21.3 Å². The number of benzene rings is 1. The van der Waals surface area contributed by atoms with E-state index < -0.39 is 0 Å². The topological polar surface area (TPSA) is 49.0 Å². The van der Waals surface area contributed by atoms with E-state index in [1.807, 2.05) is 0 Å². The number of nitrogens with zero attached hydrogens (tertiary/aromatic N) is 2. The molecule has 2 aromatic heterocycles. The number of thiophene rings is 1. The molecule has 3 heterocycles. The number of aryl methyl sites for hydroxylation is 2. The average Bonchev–Trinajstić information content (AvgIpc) is 2.91. The van der Waals surface area contributed by atoms with Crippen LogP contribution in [0.4, 0.5) is 0 Å². The second-order valence-corrected chi connectivity index (χ2v) is 9.44. The number of hydrogen-bond acceptors (Lipinski definition) is 4. The van der Waals surface area contributed by atoms with E-state index in [9.17, 15) is 4.79 Å². The fraction of sp³-hybridized carbons (Fsp3) is 0.455. The van der Waals surface area contributed by atoms with Crippen molar-refractivity contribution in [2.45, 2.75) is 40.7 Å². The first-order valence-corrected chi connectivity index (χ1v) is 10.5. The summed E-state index contributed by atoms with van der Waals surface area (Å²) in [5.74, 6) is 2.17. The molecule has 0 saturated carbocycles. The van der Waals surface area contributed by atoms with Gasteiger partial charge in [0.2, 0.25) is 0 Å². The van der Waals surface area contributed by atoms with Crippen LogP contribution in [-0.2, 0) is 6.54 Å². The molecule has 3 aromatic rings. The van der Waals surface area contributed by atoms with Crippen LogP contribution < -0.4 is 5.56 Å². The number of nitrogens with one attached hydrogen (secondary N) is 1. The van der Waals surface area contributed by atoms with Crippen molar-refractivity contribution in [3.8, 4) is 11.1 Å². The minimum Gasteiger partial charge on any atom is -0.309 e. The van der Waals surface area contributed by atoms with Crippen molar-refractivity contribution in [3.05, 3.63) is 50.9 Å². The minimum atomic E-state index is -0.0203. The quantitative estimate of drug-likeness (QED) is 0.712. The maximum Gasteiger partial charge on any atom is 0.260 e. The number of hydrogen-bond donors (Lipinski definition) is 1. The third kappa shape index (κ3) is 3.71. The zero-order valence-electron chi connectivity index (χ0n) is 16.5. The van der Waals surface area contributed by atoms with E-state index in [0.717, 1.165) is 51.7 Å². The van der Waals surface area contributed by atoms with Crippen LogP contribution in [0.5, 0.6) is 0 Å². The molecule has 1 N–H and O–H groups in total. The standard InChI is InChI=1S/C22H27N3OS/c1-13-5-7-17(8-6-13)19-16(4)27-22-20(19)21(26)23-18(24-22)12-25-10-14(2)9-15(3)11-25/h5-8,14-15H,9-12H2,1-4H3,(H,23,24,26). The van der Waals surface area contributed by atoms with E-state index >= 15 is 0 Å². The van der Waals surface area contributed by atoms with Gasteiger partial charge in [-0.25, -0.2) is 4.98 Å². The summed E-state index contributed by atoms with van der Waals surface area (Å²) in [5, 5.41) is 0.727. The Morgan fingerprint density at radius 2 is 1.81 bits per heavy atom. The molecule has 2 atom stereocenters. The lowest BCUT2D eigenvalue weighted by molar-refractivity contribution is 0.131. The van der Waals surface area contributed by atoms with Gasteiger partial charge in [0.1, 0.15) is 10.7 Å². The highest BCUT2D eigenvalue weighted by atomic mass is 32.1. The van der Waals surface area contributed by atoms with Crippen molar-refractivity contribution in [1.82, 2.24) is 14.9 Å². The largest absolute Gasteiger partial charge is 0.309 e. The molecule has 0 aliphatic carbocycles. The second kappa shape index (κ2) is 7.21. The van der Waals surface area contributed by atoms with Crippen LogP contribution in [-0.4, -0.2) is 28.0 Å². The van der Waals surface area contributed by atoms with Crippen molar-refractivity contribution in [2.75, 3.05) is 13.1 Å². The Morgan fingerprint density at radius 1 is 1.15 bits per heavy atom. The molecular formula is C22H27N3OS. The molecule has 5 heteroatoms. The molecule has 1 aliphatic rings. The van der Waals surface area contributed by atoms with Gasteiger partial charge in [-0.05, 0) is 37.7 Å². The number of fused-ring (bicyclic) bond motifs is 1. The average molecular weight is 382 g/mol. The lowest BCUT2D eigenvalue weighted by Crippen LogP contribution is -2.38.